The number of nitrogens with one attached hydrogen (secondary N) is 2. The van der Waals surface area contributed by atoms with Gasteiger partial charge in [-0.2, -0.15) is 0 Å². The van der Waals surface area contributed by atoms with Crippen molar-refractivity contribution in [3.05, 3.63) is 59.7 Å². The molecule has 6 nitrogen and oxygen atoms in total. The number of aryl methyl sites for hydroxylation is 1. The molecule has 0 unspecified atom stereocenters. The van der Waals surface area contributed by atoms with Crippen LogP contribution in [0.2, 0.25) is 0 Å². The summed E-state index contributed by atoms with van der Waals surface area (Å²) in [6.07, 6.45) is 0.722. The number of rotatable bonds is 9. The second-order valence-corrected chi connectivity index (χ2v) is 7.49. The van der Waals surface area contributed by atoms with Gasteiger partial charge in [0.25, 0.3) is 15.9 Å². The first-order chi connectivity index (χ1) is 12.4. The summed E-state index contributed by atoms with van der Waals surface area (Å²) in [7, 11) is -3.70. The Bertz CT molecular complexity index is 833. The molecule has 0 aliphatic carbocycles. The van der Waals surface area contributed by atoms with Crippen molar-refractivity contribution in [3.63, 3.8) is 0 Å². The molecule has 0 aromatic heterocycles. The van der Waals surface area contributed by atoms with E-state index in [4.69, 9.17) is 4.74 Å². The highest BCUT2D eigenvalue weighted by Gasteiger charge is 2.15. The van der Waals surface area contributed by atoms with Gasteiger partial charge in [0.15, 0.2) is 0 Å². The van der Waals surface area contributed by atoms with E-state index in [1.54, 1.807) is 42.5 Å². The summed E-state index contributed by atoms with van der Waals surface area (Å²) in [5.74, 6) is -0.252. The van der Waals surface area contributed by atoms with E-state index in [1.807, 2.05) is 13.8 Å². The van der Waals surface area contributed by atoms with Crippen LogP contribution in [-0.2, 0) is 14.8 Å². The molecule has 2 N–H and O–H groups in total. The van der Waals surface area contributed by atoms with Gasteiger partial charge < -0.3 is 10.1 Å². The fraction of sp³-hybridized carbons (Fsp3) is 0.316. The monoisotopic (exact) mass is 376 g/mol. The smallest absolute Gasteiger partial charge is 0.261 e. The highest BCUT2D eigenvalue weighted by Crippen LogP contribution is 2.17. The van der Waals surface area contributed by atoms with Crippen LogP contribution in [0.5, 0.6) is 0 Å². The maximum absolute atomic E-state index is 12.4. The molecule has 0 heterocycles. The van der Waals surface area contributed by atoms with Crippen LogP contribution in [0.15, 0.2) is 53.4 Å². The Labute approximate surface area is 154 Å². The molecule has 0 bridgehead atoms. The van der Waals surface area contributed by atoms with E-state index >= 15 is 0 Å². The normalized spacial score (nSPS) is 11.2. The highest BCUT2D eigenvalue weighted by molar-refractivity contribution is 7.92. The largest absolute Gasteiger partial charge is 0.382 e. The van der Waals surface area contributed by atoms with Crippen molar-refractivity contribution < 1.29 is 17.9 Å². The van der Waals surface area contributed by atoms with Crippen molar-refractivity contribution in [1.29, 1.82) is 0 Å². The molecule has 1 amide bonds. The van der Waals surface area contributed by atoms with Crippen molar-refractivity contribution in [3.8, 4) is 0 Å². The molecule has 0 aliphatic rings. The van der Waals surface area contributed by atoms with Gasteiger partial charge in [-0.1, -0.05) is 23.8 Å². The lowest BCUT2D eigenvalue weighted by Gasteiger charge is -2.10. The molecule has 0 atom stereocenters. The Kier molecular flexibility index (Phi) is 7.17. The summed E-state index contributed by atoms with van der Waals surface area (Å²) in [5, 5.41) is 2.79. The fourth-order valence-corrected chi connectivity index (χ4v) is 3.33. The zero-order chi connectivity index (χ0) is 19.0. The minimum atomic E-state index is -3.70. The number of ether oxygens (including phenoxy) is 1. The molecule has 7 heteroatoms. The predicted molar refractivity (Wildman–Crippen MR) is 102 cm³/mol. The molecule has 0 spiro atoms. The number of carbonyl (C=O) groups is 1. The van der Waals surface area contributed by atoms with Gasteiger partial charge in [0.05, 0.1) is 4.90 Å². The van der Waals surface area contributed by atoms with Gasteiger partial charge in [-0.05, 0) is 50.6 Å². The van der Waals surface area contributed by atoms with Crippen LogP contribution in [0, 0.1) is 6.92 Å². The van der Waals surface area contributed by atoms with Crippen LogP contribution in [0.4, 0.5) is 5.69 Å². The van der Waals surface area contributed by atoms with E-state index in [-0.39, 0.29) is 10.8 Å². The first kappa shape index (κ1) is 19.9. The maximum Gasteiger partial charge on any atom is 0.261 e. The molecule has 0 fully saturated rings. The van der Waals surface area contributed by atoms with Crippen LogP contribution >= 0.6 is 0 Å². The third kappa shape index (κ3) is 5.86. The van der Waals surface area contributed by atoms with E-state index in [9.17, 15) is 13.2 Å². The average Bonchev–Trinajstić information content (AvgIpc) is 2.61. The lowest BCUT2D eigenvalue weighted by molar-refractivity contribution is 0.0944. The fourth-order valence-electron chi connectivity index (χ4n) is 2.28. The molecule has 2 aromatic rings. The number of anilines is 1. The first-order valence-corrected chi connectivity index (χ1v) is 9.96. The Hall–Kier alpha value is -2.38. The van der Waals surface area contributed by atoms with Crippen molar-refractivity contribution in [2.24, 2.45) is 0 Å². The lowest BCUT2D eigenvalue weighted by atomic mass is 10.2. The van der Waals surface area contributed by atoms with Crippen molar-refractivity contribution in [2.75, 3.05) is 24.5 Å². The zero-order valence-corrected chi connectivity index (χ0v) is 15.8. The molecule has 0 saturated heterocycles. The first-order valence-electron chi connectivity index (χ1n) is 8.48. The lowest BCUT2D eigenvalue weighted by Crippen LogP contribution is -2.25. The Morgan fingerprint density at radius 1 is 1.12 bits per heavy atom. The maximum atomic E-state index is 12.4. The van der Waals surface area contributed by atoms with Gasteiger partial charge in [0.1, 0.15) is 0 Å². The van der Waals surface area contributed by atoms with E-state index in [2.05, 4.69) is 10.0 Å². The van der Waals surface area contributed by atoms with E-state index in [1.165, 1.54) is 6.07 Å². The number of hydrogen-bond acceptors (Lipinski definition) is 4. The minimum absolute atomic E-state index is 0.175. The summed E-state index contributed by atoms with van der Waals surface area (Å²) in [6.45, 7) is 5.55. The average molecular weight is 376 g/mol. The van der Waals surface area contributed by atoms with Crippen LogP contribution < -0.4 is 10.0 Å². The molecular formula is C19H24N2O4S. The van der Waals surface area contributed by atoms with Crippen molar-refractivity contribution >= 4 is 21.6 Å². The second-order valence-electron chi connectivity index (χ2n) is 5.81. The SMILES string of the molecule is CCOCCCNC(=O)c1cccc(NS(=O)(=O)c2ccc(C)cc2)c1. The topological polar surface area (TPSA) is 84.5 Å². The van der Waals surface area contributed by atoms with Crippen LogP contribution in [-0.4, -0.2) is 34.1 Å². The quantitative estimate of drug-likeness (QED) is 0.659. The van der Waals surface area contributed by atoms with Crippen molar-refractivity contribution in [1.82, 2.24) is 5.32 Å². The van der Waals surface area contributed by atoms with Crippen LogP contribution in [0.1, 0.15) is 29.3 Å². The van der Waals surface area contributed by atoms with E-state index in [0.717, 1.165) is 12.0 Å². The molecule has 26 heavy (non-hydrogen) atoms. The molecule has 2 rings (SSSR count). The number of amides is 1. The molecule has 140 valence electrons. The molecule has 2 aromatic carbocycles. The Balaban J connectivity index is 2.02. The summed E-state index contributed by atoms with van der Waals surface area (Å²) < 4.78 is 32.6. The summed E-state index contributed by atoms with van der Waals surface area (Å²) >= 11 is 0. The van der Waals surface area contributed by atoms with E-state index < -0.39 is 10.0 Å². The van der Waals surface area contributed by atoms with Gasteiger partial charge in [-0.25, -0.2) is 8.42 Å². The summed E-state index contributed by atoms with van der Waals surface area (Å²) in [6, 6.07) is 13.0. The van der Waals surface area contributed by atoms with Gasteiger partial charge in [-0.15, -0.1) is 0 Å². The second kappa shape index (κ2) is 9.35. The minimum Gasteiger partial charge on any atom is -0.382 e. The summed E-state index contributed by atoms with van der Waals surface area (Å²) in [4.78, 5) is 12.3. The number of benzene rings is 2. The standard InChI is InChI=1S/C19H24N2O4S/c1-3-25-13-5-12-20-19(22)16-6-4-7-17(14-16)21-26(23,24)18-10-8-15(2)9-11-18/h4,6-11,14,21H,3,5,12-13H2,1-2H3,(H,20,22). The van der Waals surface area contributed by atoms with Gasteiger partial charge in [0.2, 0.25) is 0 Å². The number of hydrogen-bond donors (Lipinski definition) is 2. The predicted octanol–water partition coefficient (Wildman–Crippen LogP) is 2.95. The van der Waals surface area contributed by atoms with Crippen molar-refractivity contribution in [2.45, 2.75) is 25.2 Å². The molecule has 0 radical (unpaired) electrons. The third-order valence-electron chi connectivity index (χ3n) is 3.66. The third-order valence-corrected chi connectivity index (χ3v) is 5.06. The molecule has 0 aliphatic heterocycles. The molecule has 0 saturated carbocycles. The van der Waals surface area contributed by atoms with Gasteiger partial charge in [-0.3, -0.25) is 9.52 Å². The van der Waals surface area contributed by atoms with E-state index in [0.29, 0.717) is 31.0 Å². The van der Waals surface area contributed by atoms with Gasteiger partial charge in [0, 0.05) is 31.0 Å². The van der Waals surface area contributed by atoms with Crippen LogP contribution in [0.25, 0.3) is 0 Å². The Morgan fingerprint density at radius 3 is 2.54 bits per heavy atom. The van der Waals surface area contributed by atoms with Gasteiger partial charge >= 0.3 is 0 Å². The molecular weight excluding hydrogens is 352 g/mol. The summed E-state index contributed by atoms with van der Waals surface area (Å²) in [5.41, 5.74) is 1.71. The number of carbonyl (C=O) groups excluding carboxylic acids is 1. The Morgan fingerprint density at radius 2 is 1.85 bits per heavy atom. The zero-order valence-electron chi connectivity index (χ0n) is 15.0. The number of sulfonamides is 1. The highest BCUT2D eigenvalue weighted by atomic mass is 32.2. The van der Waals surface area contributed by atoms with Crippen LogP contribution in [0.3, 0.4) is 0 Å².